The van der Waals surface area contributed by atoms with E-state index in [9.17, 15) is 4.79 Å². The van der Waals surface area contributed by atoms with E-state index in [1.165, 1.54) is 10.4 Å². The van der Waals surface area contributed by atoms with E-state index < -0.39 is 0 Å². The van der Waals surface area contributed by atoms with Gasteiger partial charge < -0.3 is 14.5 Å². The van der Waals surface area contributed by atoms with Crippen LogP contribution >= 0.6 is 22.9 Å². The van der Waals surface area contributed by atoms with E-state index in [4.69, 9.17) is 16.3 Å². The van der Waals surface area contributed by atoms with Gasteiger partial charge in [-0.25, -0.2) is 9.97 Å². The van der Waals surface area contributed by atoms with Gasteiger partial charge in [0.2, 0.25) is 5.91 Å². The number of likely N-dealkylation sites (N-methyl/N-ethyl adjacent to an activating group) is 1. The largest absolute Gasteiger partial charge is 0.492 e. The summed E-state index contributed by atoms with van der Waals surface area (Å²) in [6, 6.07) is 7.26. The molecule has 0 radical (unpaired) electrons. The lowest BCUT2D eigenvalue weighted by molar-refractivity contribution is -0.135. The molecule has 8 heteroatoms. The van der Waals surface area contributed by atoms with Crippen molar-refractivity contribution in [3.05, 3.63) is 46.1 Å². The first-order chi connectivity index (χ1) is 14.9. The molecule has 0 spiro atoms. The summed E-state index contributed by atoms with van der Waals surface area (Å²) in [4.78, 5) is 28.3. The molecule has 2 aromatic heterocycles. The highest BCUT2D eigenvalue weighted by atomic mass is 35.5. The molecule has 0 unspecified atom stereocenters. The van der Waals surface area contributed by atoms with Crippen LogP contribution in [0.15, 0.2) is 30.6 Å². The molecule has 6 nitrogen and oxygen atoms in total. The first kappa shape index (κ1) is 21.8. The zero-order chi connectivity index (χ0) is 22.0. The zero-order valence-electron chi connectivity index (χ0n) is 18.1. The summed E-state index contributed by atoms with van der Waals surface area (Å²) >= 11 is 7.61. The Balaban J connectivity index is 1.31. The molecule has 0 saturated carbocycles. The van der Waals surface area contributed by atoms with Crippen LogP contribution in [0.25, 0.3) is 10.2 Å². The second-order valence-corrected chi connectivity index (χ2v) is 9.62. The van der Waals surface area contributed by atoms with E-state index in [0.717, 1.165) is 47.7 Å². The third kappa shape index (κ3) is 4.77. The van der Waals surface area contributed by atoms with E-state index in [2.05, 4.69) is 28.7 Å². The maximum Gasteiger partial charge on any atom is 0.225 e. The van der Waals surface area contributed by atoms with Crippen molar-refractivity contribution in [2.45, 2.75) is 26.7 Å². The van der Waals surface area contributed by atoms with Gasteiger partial charge in [-0.2, -0.15) is 0 Å². The van der Waals surface area contributed by atoms with Crippen LogP contribution in [-0.4, -0.2) is 54.1 Å². The van der Waals surface area contributed by atoms with Gasteiger partial charge in [0.15, 0.2) is 0 Å². The number of rotatable bonds is 6. The van der Waals surface area contributed by atoms with E-state index in [1.807, 2.05) is 19.2 Å². The maximum absolute atomic E-state index is 12.9. The number of aromatic nitrogens is 2. The van der Waals surface area contributed by atoms with Crippen LogP contribution in [0.1, 0.15) is 23.3 Å². The van der Waals surface area contributed by atoms with Gasteiger partial charge in [-0.3, -0.25) is 4.79 Å². The Hall–Kier alpha value is -2.38. The summed E-state index contributed by atoms with van der Waals surface area (Å²) in [7, 11) is 1.85. The quantitative estimate of drug-likeness (QED) is 0.535. The predicted octanol–water partition coefficient (Wildman–Crippen LogP) is 4.72. The van der Waals surface area contributed by atoms with E-state index in [1.54, 1.807) is 34.7 Å². The summed E-state index contributed by atoms with van der Waals surface area (Å²) in [5.41, 5.74) is 1.26. The minimum atomic E-state index is 0.0411. The topological polar surface area (TPSA) is 58.6 Å². The van der Waals surface area contributed by atoms with Gasteiger partial charge >= 0.3 is 0 Å². The number of benzene rings is 1. The molecule has 31 heavy (non-hydrogen) atoms. The number of ether oxygens (including phenoxy) is 1. The van der Waals surface area contributed by atoms with Gasteiger partial charge in [-0.05, 0) is 56.5 Å². The lowest BCUT2D eigenvalue weighted by Crippen LogP contribution is -2.42. The number of halogens is 1. The molecule has 1 aromatic carbocycles. The molecule has 4 rings (SSSR count). The molecule has 1 saturated heterocycles. The van der Waals surface area contributed by atoms with Crippen LogP contribution in [0, 0.1) is 19.8 Å². The Morgan fingerprint density at radius 2 is 1.94 bits per heavy atom. The summed E-state index contributed by atoms with van der Waals surface area (Å²) in [5, 5.41) is 1.84. The van der Waals surface area contributed by atoms with Crippen molar-refractivity contribution in [1.29, 1.82) is 0 Å². The zero-order valence-corrected chi connectivity index (χ0v) is 19.7. The number of nitrogens with zero attached hydrogens (tertiary/aromatic N) is 4. The summed E-state index contributed by atoms with van der Waals surface area (Å²) in [5.74, 6) is 1.99. The van der Waals surface area contributed by atoms with Gasteiger partial charge in [-0.1, -0.05) is 11.6 Å². The average Bonchev–Trinajstić information content (AvgIpc) is 3.08. The number of anilines is 1. The van der Waals surface area contributed by atoms with Crippen LogP contribution < -0.4 is 9.64 Å². The monoisotopic (exact) mass is 458 g/mol. The van der Waals surface area contributed by atoms with Crippen LogP contribution in [0.4, 0.5) is 5.82 Å². The van der Waals surface area contributed by atoms with E-state index in [-0.39, 0.29) is 11.8 Å². The Bertz CT molecular complexity index is 1060. The first-order valence-electron chi connectivity index (χ1n) is 10.5. The number of aryl methyl sites for hydroxylation is 2. The number of thiophene rings is 1. The molecule has 1 aliphatic heterocycles. The fraction of sp³-hybridized carbons (Fsp3) is 0.435. The van der Waals surface area contributed by atoms with Gasteiger partial charge in [0.05, 0.1) is 11.9 Å². The standard InChI is InChI=1S/C23H27ClN4O2S/c1-15-16(2)31-22-20(15)21(25-14-26-22)28-10-8-17(9-11-28)23(29)27(3)12-13-30-19-6-4-18(24)5-7-19/h4-7,14,17H,8-13H2,1-3H3. The Kier molecular flexibility index (Phi) is 6.62. The number of hydrogen-bond donors (Lipinski definition) is 0. The minimum absolute atomic E-state index is 0.0411. The second kappa shape index (κ2) is 9.40. The predicted molar refractivity (Wildman–Crippen MR) is 126 cm³/mol. The number of carbonyl (C=O) groups is 1. The van der Waals surface area contributed by atoms with Crippen LogP contribution in [0.3, 0.4) is 0 Å². The first-order valence-corrected chi connectivity index (χ1v) is 11.7. The maximum atomic E-state index is 12.9. The highest BCUT2D eigenvalue weighted by molar-refractivity contribution is 7.18. The van der Waals surface area contributed by atoms with Gasteiger partial charge in [0, 0.05) is 36.0 Å². The number of piperidine rings is 1. The van der Waals surface area contributed by atoms with Gasteiger partial charge in [0.1, 0.15) is 29.3 Å². The van der Waals surface area contributed by atoms with Gasteiger partial charge in [-0.15, -0.1) is 11.3 Å². The van der Waals surface area contributed by atoms with Crippen molar-refractivity contribution in [1.82, 2.24) is 14.9 Å². The summed E-state index contributed by atoms with van der Waals surface area (Å²) in [6.45, 7) is 6.93. The van der Waals surface area contributed by atoms with Crippen LogP contribution in [0.2, 0.25) is 5.02 Å². The van der Waals surface area contributed by atoms with Gasteiger partial charge in [0.25, 0.3) is 0 Å². The number of hydrogen-bond acceptors (Lipinski definition) is 6. The molecule has 0 N–H and O–H groups in total. The molecular weight excluding hydrogens is 432 g/mol. The molecule has 3 aromatic rings. The molecule has 1 fully saturated rings. The summed E-state index contributed by atoms with van der Waals surface area (Å²) < 4.78 is 5.72. The molecule has 164 valence electrons. The Morgan fingerprint density at radius 1 is 1.23 bits per heavy atom. The van der Waals surface area contributed by atoms with E-state index in [0.29, 0.717) is 18.2 Å². The van der Waals surface area contributed by atoms with Crippen LogP contribution in [-0.2, 0) is 4.79 Å². The molecule has 0 aliphatic carbocycles. The van der Waals surface area contributed by atoms with Crippen molar-refractivity contribution in [3.8, 4) is 5.75 Å². The lowest BCUT2D eigenvalue weighted by Gasteiger charge is -2.34. The Labute approximate surface area is 191 Å². The molecule has 1 amide bonds. The fourth-order valence-electron chi connectivity index (χ4n) is 3.99. The molecule has 0 bridgehead atoms. The summed E-state index contributed by atoms with van der Waals surface area (Å²) in [6.07, 6.45) is 3.31. The third-order valence-corrected chi connectivity index (χ3v) is 7.34. The number of carbonyl (C=O) groups excluding carboxylic acids is 1. The third-order valence-electron chi connectivity index (χ3n) is 5.97. The van der Waals surface area contributed by atoms with E-state index >= 15 is 0 Å². The average molecular weight is 459 g/mol. The normalized spacial score (nSPS) is 14.8. The highest BCUT2D eigenvalue weighted by Gasteiger charge is 2.29. The number of amides is 1. The molecule has 3 heterocycles. The van der Waals surface area contributed by atoms with Crippen molar-refractivity contribution in [3.63, 3.8) is 0 Å². The lowest BCUT2D eigenvalue weighted by atomic mass is 9.95. The molecular formula is C23H27ClN4O2S. The molecule has 0 atom stereocenters. The van der Waals surface area contributed by atoms with Crippen molar-refractivity contribution in [2.75, 3.05) is 38.2 Å². The Morgan fingerprint density at radius 3 is 2.65 bits per heavy atom. The minimum Gasteiger partial charge on any atom is -0.492 e. The second-order valence-electron chi connectivity index (χ2n) is 7.98. The SMILES string of the molecule is Cc1sc2ncnc(N3CCC(C(=O)N(C)CCOc4ccc(Cl)cc4)CC3)c2c1C. The molecule has 1 aliphatic rings. The number of fused-ring (bicyclic) bond motifs is 1. The van der Waals surface area contributed by atoms with Crippen LogP contribution in [0.5, 0.6) is 5.75 Å². The van der Waals surface area contributed by atoms with Crippen molar-refractivity contribution < 1.29 is 9.53 Å². The fourth-order valence-corrected chi connectivity index (χ4v) is 5.11. The highest BCUT2D eigenvalue weighted by Crippen LogP contribution is 2.35. The van der Waals surface area contributed by atoms with Crippen molar-refractivity contribution >= 4 is 44.9 Å². The van der Waals surface area contributed by atoms with Crippen molar-refractivity contribution in [2.24, 2.45) is 5.92 Å². The smallest absolute Gasteiger partial charge is 0.225 e.